The molecule has 2 rings (SSSR count). The number of aliphatic hydroxyl groups excluding tert-OH is 2. The van der Waals surface area contributed by atoms with E-state index in [9.17, 15) is 23.8 Å². The van der Waals surface area contributed by atoms with Crippen molar-refractivity contribution < 1.29 is 28.5 Å². The molecule has 160 valence electrons. The van der Waals surface area contributed by atoms with E-state index in [1.165, 1.54) is 6.08 Å². The summed E-state index contributed by atoms with van der Waals surface area (Å²) < 4.78 is 33.5. The standard InChI is InChI=1S/C23H30F2O4/c1-17(26)9-5-2-3-8-12-19-20(22(28)15-21(19)27)13-14-23(24,25)16-29-18-10-6-4-7-11-18/h3-4,6-8,10-11,13-14,19-22,27-28H,2,5,9,12,15-16H2,1H3/b8-3-,14-13+/t19-,20-,21+,22-/m1/s1. The van der Waals surface area contributed by atoms with E-state index >= 15 is 0 Å². The molecular formula is C23H30F2O4. The Bertz CT molecular complexity index is 687. The number of benzene rings is 1. The van der Waals surface area contributed by atoms with E-state index in [1.54, 1.807) is 37.3 Å². The molecule has 6 heteroatoms. The van der Waals surface area contributed by atoms with Crippen LogP contribution < -0.4 is 4.74 Å². The Morgan fingerprint density at radius 3 is 2.62 bits per heavy atom. The molecule has 1 aliphatic carbocycles. The maximum atomic E-state index is 14.2. The summed E-state index contributed by atoms with van der Waals surface area (Å²) in [4.78, 5) is 10.9. The number of ketones is 1. The fourth-order valence-electron chi connectivity index (χ4n) is 3.54. The molecule has 0 spiro atoms. The Kier molecular flexibility index (Phi) is 8.99. The van der Waals surface area contributed by atoms with Crippen LogP contribution in [-0.4, -0.2) is 40.7 Å². The highest BCUT2D eigenvalue weighted by Gasteiger charge is 2.40. The highest BCUT2D eigenvalue weighted by atomic mass is 19.3. The summed E-state index contributed by atoms with van der Waals surface area (Å²) in [5, 5.41) is 20.4. The molecular weight excluding hydrogens is 378 g/mol. The number of carbonyl (C=O) groups is 1. The Hall–Kier alpha value is -2.05. The van der Waals surface area contributed by atoms with Crippen molar-refractivity contribution in [2.75, 3.05) is 6.61 Å². The van der Waals surface area contributed by atoms with Crippen LogP contribution in [0.1, 0.15) is 39.0 Å². The predicted octanol–water partition coefficient (Wildman–Crippen LogP) is 4.32. The lowest BCUT2D eigenvalue weighted by atomic mass is 9.89. The molecule has 1 aromatic carbocycles. The van der Waals surface area contributed by atoms with Crippen LogP contribution in [0.2, 0.25) is 0 Å². The highest BCUT2D eigenvalue weighted by molar-refractivity contribution is 5.75. The van der Waals surface area contributed by atoms with Crippen molar-refractivity contribution >= 4 is 5.78 Å². The number of hydrogen-bond acceptors (Lipinski definition) is 4. The third-order valence-electron chi connectivity index (χ3n) is 5.13. The second-order valence-electron chi connectivity index (χ2n) is 7.63. The number of allylic oxidation sites excluding steroid dienone is 2. The molecule has 0 saturated heterocycles. The zero-order valence-corrected chi connectivity index (χ0v) is 16.7. The molecule has 0 unspecified atom stereocenters. The number of para-hydroxylation sites is 1. The van der Waals surface area contributed by atoms with Gasteiger partial charge in [-0.2, -0.15) is 8.78 Å². The number of halogens is 2. The van der Waals surface area contributed by atoms with Crippen molar-refractivity contribution in [1.29, 1.82) is 0 Å². The molecule has 0 aliphatic heterocycles. The number of Topliss-reactive ketones (excluding diaryl/α,β-unsaturated/α-hetero) is 1. The average Bonchev–Trinajstić information content (AvgIpc) is 2.94. The third kappa shape index (κ3) is 8.07. The quantitative estimate of drug-likeness (QED) is 0.423. The van der Waals surface area contributed by atoms with Crippen molar-refractivity contribution in [2.45, 2.75) is 57.2 Å². The first kappa shape index (κ1) is 23.2. The van der Waals surface area contributed by atoms with Gasteiger partial charge in [0.05, 0.1) is 12.2 Å². The van der Waals surface area contributed by atoms with Gasteiger partial charge in [0.2, 0.25) is 0 Å². The van der Waals surface area contributed by atoms with Gasteiger partial charge in [-0.05, 0) is 50.3 Å². The number of carbonyl (C=O) groups excluding carboxylic acids is 1. The van der Waals surface area contributed by atoms with Crippen LogP contribution >= 0.6 is 0 Å². The Morgan fingerprint density at radius 1 is 1.21 bits per heavy atom. The summed E-state index contributed by atoms with van der Waals surface area (Å²) in [6.45, 7) is 0.761. The largest absolute Gasteiger partial charge is 0.487 e. The predicted molar refractivity (Wildman–Crippen MR) is 108 cm³/mol. The summed E-state index contributed by atoms with van der Waals surface area (Å²) in [7, 11) is 0. The second kappa shape index (κ2) is 11.2. The molecule has 1 saturated carbocycles. The van der Waals surface area contributed by atoms with Crippen LogP contribution in [-0.2, 0) is 4.79 Å². The summed E-state index contributed by atoms with van der Waals surface area (Å²) in [5.41, 5.74) is 0. The van der Waals surface area contributed by atoms with Gasteiger partial charge in [-0.3, -0.25) is 0 Å². The van der Waals surface area contributed by atoms with Gasteiger partial charge in [-0.25, -0.2) is 0 Å². The second-order valence-corrected chi connectivity index (χ2v) is 7.63. The lowest BCUT2D eigenvalue weighted by molar-refractivity contribution is -0.117. The zero-order chi connectivity index (χ0) is 21.3. The first-order chi connectivity index (χ1) is 13.8. The minimum Gasteiger partial charge on any atom is -0.487 e. The van der Waals surface area contributed by atoms with Gasteiger partial charge < -0.3 is 19.7 Å². The number of hydrogen-bond donors (Lipinski definition) is 2. The van der Waals surface area contributed by atoms with Crippen LogP contribution in [0, 0.1) is 11.8 Å². The SMILES string of the molecule is CC(=O)CCC/C=C\C[C@@H]1[C@@H](/C=C/C(F)(F)COc2ccccc2)[C@H](O)C[C@@H]1O. The first-order valence-electron chi connectivity index (χ1n) is 10.0. The molecule has 4 nitrogen and oxygen atoms in total. The summed E-state index contributed by atoms with van der Waals surface area (Å²) in [5.74, 6) is -3.54. The van der Waals surface area contributed by atoms with Crippen molar-refractivity contribution in [1.82, 2.24) is 0 Å². The first-order valence-corrected chi connectivity index (χ1v) is 10.0. The van der Waals surface area contributed by atoms with E-state index in [2.05, 4.69) is 0 Å². The van der Waals surface area contributed by atoms with E-state index in [0.717, 1.165) is 18.9 Å². The van der Waals surface area contributed by atoms with E-state index < -0.39 is 30.7 Å². The molecule has 29 heavy (non-hydrogen) atoms. The summed E-state index contributed by atoms with van der Waals surface area (Å²) in [6.07, 6.45) is 7.00. The molecule has 1 aromatic rings. The van der Waals surface area contributed by atoms with Crippen molar-refractivity contribution in [2.24, 2.45) is 11.8 Å². The zero-order valence-electron chi connectivity index (χ0n) is 16.7. The normalized spacial score (nSPS) is 25.1. The van der Waals surface area contributed by atoms with Gasteiger partial charge in [0.25, 0.3) is 5.92 Å². The number of ether oxygens (including phenoxy) is 1. The minimum atomic E-state index is -3.18. The molecule has 0 bridgehead atoms. The fourth-order valence-corrected chi connectivity index (χ4v) is 3.54. The van der Waals surface area contributed by atoms with Crippen molar-refractivity contribution in [3.8, 4) is 5.75 Å². The van der Waals surface area contributed by atoms with Crippen LogP contribution in [0.25, 0.3) is 0 Å². The average molecular weight is 408 g/mol. The smallest absolute Gasteiger partial charge is 0.299 e. The molecule has 1 aliphatic rings. The molecule has 2 N–H and O–H groups in total. The Balaban J connectivity index is 1.89. The summed E-state index contributed by atoms with van der Waals surface area (Å²) in [6, 6.07) is 8.40. The van der Waals surface area contributed by atoms with E-state index in [1.807, 2.05) is 12.2 Å². The molecule has 0 heterocycles. The van der Waals surface area contributed by atoms with Gasteiger partial charge >= 0.3 is 0 Å². The Labute approximate surface area is 170 Å². The number of unbranched alkanes of at least 4 members (excludes halogenated alkanes) is 1. The third-order valence-corrected chi connectivity index (χ3v) is 5.13. The highest BCUT2D eigenvalue weighted by Crippen LogP contribution is 2.37. The maximum Gasteiger partial charge on any atom is 0.299 e. The summed E-state index contributed by atoms with van der Waals surface area (Å²) >= 11 is 0. The lowest BCUT2D eigenvalue weighted by Gasteiger charge is -2.20. The van der Waals surface area contributed by atoms with Crippen molar-refractivity contribution in [3.05, 3.63) is 54.6 Å². The minimum absolute atomic E-state index is 0.148. The van der Waals surface area contributed by atoms with Gasteiger partial charge in [0.1, 0.15) is 11.5 Å². The molecule has 1 fully saturated rings. The van der Waals surface area contributed by atoms with Crippen molar-refractivity contribution in [3.63, 3.8) is 0 Å². The number of alkyl halides is 2. The fraction of sp³-hybridized carbons (Fsp3) is 0.522. The number of aliphatic hydroxyl groups is 2. The number of rotatable bonds is 11. The van der Waals surface area contributed by atoms with Crippen LogP contribution in [0.3, 0.4) is 0 Å². The molecule has 4 atom stereocenters. The lowest BCUT2D eigenvalue weighted by Crippen LogP contribution is -2.25. The molecule has 0 radical (unpaired) electrons. The van der Waals surface area contributed by atoms with Crippen LogP contribution in [0.4, 0.5) is 8.78 Å². The van der Waals surface area contributed by atoms with Gasteiger partial charge in [-0.1, -0.05) is 36.4 Å². The van der Waals surface area contributed by atoms with E-state index in [4.69, 9.17) is 4.74 Å². The molecule has 0 amide bonds. The van der Waals surface area contributed by atoms with Gasteiger partial charge in [-0.15, -0.1) is 0 Å². The van der Waals surface area contributed by atoms with E-state index in [0.29, 0.717) is 18.6 Å². The van der Waals surface area contributed by atoms with Gasteiger partial charge in [0.15, 0.2) is 6.61 Å². The van der Waals surface area contributed by atoms with Gasteiger partial charge in [0, 0.05) is 18.8 Å². The topological polar surface area (TPSA) is 66.8 Å². The van der Waals surface area contributed by atoms with Crippen LogP contribution in [0.5, 0.6) is 5.75 Å². The monoisotopic (exact) mass is 408 g/mol. The molecule has 0 aromatic heterocycles. The van der Waals surface area contributed by atoms with Crippen LogP contribution in [0.15, 0.2) is 54.6 Å². The van der Waals surface area contributed by atoms with E-state index in [-0.39, 0.29) is 18.1 Å². The maximum absolute atomic E-state index is 14.2. The Morgan fingerprint density at radius 2 is 1.93 bits per heavy atom.